The lowest BCUT2D eigenvalue weighted by molar-refractivity contribution is -0.0425. The number of rotatable bonds is 6. The van der Waals surface area contributed by atoms with Crippen LogP contribution in [0.5, 0.6) is 5.75 Å². The molecule has 2 aromatic rings. The molecule has 0 radical (unpaired) electrons. The third kappa shape index (κ3) is 4.20. The molecule has 32 heavy (non-hydrogen) atoms. The summed E-state index contributed by atoms with van der Waals surface area (Å²) in [5, 5.41) is 0. The fourth-order valence-corrected chi connectivity index (χ4v) is 4.31. The van der Waals surface area contributed by atoms with Crippen LogP contribution in [0.4, 0.5) is 0 Å². The van der Waals surface area contributed by atoms with E-state index in [1.54, 1.807) is 0 Å². The highest BCUT2D eigenvalue weighted by Crippen LogP contribution is 2.37. The van der Waals surface area contributed by atoms with E-state index in [0.717, 1.165) is 16.8 Å². The first-order valence-corrected chi connectivity index (χ1v) is 11.3. The van der Waals surface area contributed by atoms with Crippen molar-refractivity contribution in [1.29, 1.82) is 0 Å². The maximum absolute atomic E-state index is 6.21. The Hall–Kier alpha value is -1.90. The fourth-order valence-electron chi connectivity index (χ4n) is 4.31. The van der Waals surface area contributed by atoms with Crippen molar-refractivity contribution in [1.82, 2.24) is 0 Å². The third-order valence-corrected chi connectivity index (χ3v) is 6.96. The average Bonchev–Trinajstić information content (AvgIpc) is 3.41. The van der Waals surface area contributed by atoms with E-state index in [0.29, 0.717) is 19.8 Å². The lowest BCUT2D eigenvalue weighted by Crippen LogP contribution is -2.41. The van der Waals surface area contributed by atoms with Crippen molar-refractivity contribution in [3.8, 4) is 5.75 Å². The standard InChI is InChI=1S/C25H31BO6/c1-24(2)25(3,4)32-26(31-24)18-10-12-19(13-11-18)30-21-16-29-22-20(15-28-23(21)22)27-14-17-8-6-5-7-9-17/h5-13,20-23H,14-16H2,1-4H3/t20-,21-,22-,23-/m1/s1. The molecule has 3 fully saturated rings. The van der Waals surface area contributed by atoms with Gasteiger partial charge in [0.25, 0.3) is 0 Å². The van der Waals surface area contributed by atoms with Crippen LogP contribution >= 0.6 is 0 Å². The molecule has 0 saturated carbocycles. The predicted octanol–water partition coefficient (Wildman–Crippen LogP) is 3.12. The number of hydrogen-bond acceptors (Lipinski definition) is 6. The van der Waals surface area contributed by atoms with Gasteiger partial charge in [-0.3, -0.25) is 0 Å². The summed E-state index contributed by atoms with van der Waals surface area (Å²) in [7, 11) is -0.381. The Labute approximate surface area is 190 Å². The molecule has 0 unspecified atom stereocenters. The Morgan fingerprint density at radius 1 is 0.812 bits per heavy atom. The molecule has 0 aliphatic carbocycles. The highest BCUT2D eigenvalue weighted by molar-refractivity contribution is 6.62. The van der Waals surface area contributed by atoms with Gasteiger partial charge in [0.05, 0.1) is 31.0 Å². The van der Waals surface area contributed by atoms with E-state index >= 15 is 0 Å². The van der Waals surface area contributed by atoms with Crippen molar-refractivity contribution in [3.05, 3.63) is 60.2 Å². The van der Waals surface area contributed by atoms with Gasteiger partial charge in [-0.05, 0) is 50.9 Å². The van der Waals surface area contributed by atoms with E-state index in [1.165, 1.54) is 0 Å². The molecule has 3 heterocycles. The molecule has 5 rings (SSSR count). The monoisotopic (exact) mass is 438 g/mol. The Bertz CT molecular complexity index is 900. The SMILES string of the molecule is CC1(C)OB(c2ccc(O[C@@H]3CO[C@H]4[C@@H]3OC[C@H]4OCc3ccccc3)cc2)OC1(C)C. The van der Waals surface area contributed by atoms with Crippen LogP contribution in [0.25, 0.3) is 0 Å². The lowest BCUT2D eigenvalue weighted by Gasteiger charge is -2.32. The summed E-state index contributed by atoms with van der Waals surface area (Å²) < 4.78 is 36.5. The number of ether oxygens (including phenoxy) is 4. The molecule has 4 atom stereocenters. The summed E-state index contributed by atoms with van der Waals surface area (Å²) in [5.74, 6) is 0.775. The molecule has 0 N–H and O–H groups in total. The van der Waals surface area contributed by atoms with Crippen molar-refractivity contribution >= 4 is 12.6 Å². The van der Waals surface area contributed by atoms with Gasteiger partial charge >= 0.3 is 7.12 Å². The van der Waals surface area contributed by atoms with Gasteiger partial charge in [0, 0.05) is 0 Å². The summed E-state index contributed by atoms with van der Waals surface area (Å²) >= 11 is 0. The van der Waals surface area contributed by atoms with Gasteiger partial charge < -0.3 is 28.3 Å². The normalized spacial score (nSPS) is 30.4. The maximum Gasteiger partial charge on any atom is 0.494 e. The topological polar surface area (TPSA) is 55.4 Å². The zero-order chi connectivity index (χ0) is 22.3. The predicted molar refractivity (Wildman–Crippen MR) is 121 cm³/mol. The fraction of sp³-hybridized carbons (Fsp3) is 0.520. The molecular weight excluding hydrogens is 407 g/mol. The van der Waals surface area contributed by atoms with Crippen LogP contribution in [0, 0.1) is 0 Å². The van der Waals surface area contributed by atoms with E-state index in [2.05, 4.69) is 39.8 Å². The number of benzene rings is 2. The number of fused-ring (bicyclic) bond motifs is 1. The molecule has 3 saturated heterocycles. The summed E-state index contributed by atoms with van der Waals surface area (Å²) in [6.07, 6.45) is -0.473. The molecule has 0 spiro atoms. The Morgan fingerprint density at radius 2 is 1.41 bits per heavy atom. The first kappa shape index (κ1) is 21.9. The van der Waals surface area contributed by atoms with Crippen molar-refractivity contribution in [3.63, 3.8) is 0 Å². The molecule has 0 aromatic heterocycles. The van der Waals surface area contributed by atoms with Crippen LogP contribution in [-0.2, 0) is 30.1 Å². The maximum atomic E-state index is 6.21. The van der Waals surface area contributed by atoms with Crippen molar-refractivity contribution < 1.29 is 28.3 Å². The molecule has 2 aromatic carbocycles. The van der Waals surface area contributed by atoms with Crippen LogP contribution in [-0.4, -0.2) is 56.0 Å². The van der Waals surface area contributed by atoms with Crippen molar-refractivity contribution in [2.24, 2.45) is 0 Å². The van der Waals surface area contributed by atoms with Crippen molar-refractivity contribution in [2.75, 3.05) is 13.2 Å². The Balaban J connectivity index is 1.16. The minimum Gasteiger partial charge on any atom is -0.485 e. The second-order valence-corrected chi connectivity index (χ2v) is 9.74. The van der Waals surface area contributed by atoms with E-state index < -0.39 is 0 Å². The first-order valence-electron chi connectivity index (χ1n) is 11.3. The second kappa shape index (κ2) is 8.47. The molecule has 170 valence electrons. The zero-order valence-electron chi connectivity index (χ0n) is 19.2. The van der Waals surface area contributed by atoms with Gasteiger partial charge in [0.15, 0.2) is 6.10 Å². The van der Waals surface area contributed by atoms with Crippen LogP contribution in [0.3, 0.4) is 0 Å². The van der Waals surface area contributed by atoms with Crippen LogP contribution in [0.15, 0.2) is 54.6 Å². The van der Waals surface area contributed by atoms with Gasteiger partial charge in [-0.2, -0.15) is 0 Å². The smallest absolute Gasteiger partial charge is 0.485 e. The highest BCUT2D eigenvalue weighted by atomic mass is 16.7. The van der Waals surface area contributed by atoms with E-state index in [9.17, 15) is 0 Å². The van der Waals surface area contributed by atoms with Gasteiger partial charge in [-0.1, -0.05) is 42.5 Å². The van der Waals surface area contributed by atoms with E-state index in [1.807, 2.05) is 42.5 Å². The number of hydrogen-bond donors (Lipinski definition) is 0. The molecule has 0 bridgehead atoms. The van der Waals surface area contributed by atoms with Crippen LogP contribution in [0.1, 0.15) is 33.3 Å². The van der Waals surface area contributed by atoms with Gasteiger partial charge in [-0.15, -0.1) is 0 Å². The highest BCUT2D eigenvalue weighted by Gasteiger charge is 2.52. The quantitative estimate of drug-likeness (QED) is 0.647. The molecular formula is C25H31BO6. The Morgan fingerprint density at radius 3 is 2.06 bits per heavy atom. The average molecular weight is 438 g/mol. The lowest BCUT2D eigenvalue weighted by atomic mass is 9.79. The zero-order valence-corrected chi connectivity index (χ0v) is 19.2. The van der Waals surface area contributed by atoms with Crippen LogP contribution in [0.2, 0.25) is 0 Å². The summed E-state index contributed by atoms with van der Waals surface area (Å²) in [6, 6.07) is 18.0. The third-order valence-electron chi connectivity index (χ3n) is 6.96. The first-order chi connectivity index (χ1) is 15.3. The Kier molecular flexibility index (Phi) is 5.80. The van der Waals surface area contributed by atoms with E-state index in [-0.39, 0.29) is 42.7 Å². The van der Waals surface area contributed by atoms with E-state index in [4.69, 9.17) is 28.3 Å². The van der Waals surface area contributed by atoms with Crippen LogP contribution < -0.4 is 10.2 Å². The molecule has 3 aliphatic heterocycles. The molecule has 6 nitrogen and oxygen atoms in total. The summed E-state index contributed by atoms with van der Waals surface area (Å²) in [4.78, 5) is 0. The molecule has 7 heteroatoms. The van der Waals surface area contributed by atoms with Gasteiger partial charge in [0.1, 0.15) is 24.1 Å². The minimum atomic E-state index is -0.381. The minimum absolute atomic E-state index is 0.0837. The largest absolute Gasteiger partial charge is 0.494 e. The summed E-state index contributed by atoms with van der Waals surface area (Å²) in [5.41, 5.74) is 1.40. The second-order valence-electron chi connectivity index (χ2n) is 9.74. The van der Waals surface area contributed by atoms with Gasteiger partial charge in [-0.25, -0.2) is 0 Å². The molecule has 3 aliphatic rings. The molecule has 0 amide bonds. The van der Waals surface area contributed by atoms with Crippen molar-refractivity contribution in [2.45, 2.75) is 69.9 Å². The van der Waals surface area contributed by atoms with Gasteiger partial charge in [0.2, 0.25) is 0 Å². The summed E-state index contributed by atoms with van der Waals surface area (Å²) in [6.45, 7) is 9.77.